The Morgan fingerprint density at radius 1 is 1.27 bits per heavy atom. The first-order chi connectivity index (χ1) is 6.84. The van der Waals surface area contributed by atoms with E-state index in [1.54, 1.807) is 0 Å². The average molecular weight is 216 g/mol. The van der Waals surface area contributed by atoms with Crippen molar-refractivity contribution >= 4 is 11.5 Å². The number of carbonyl (C=O) groups is 1. The smallest absolute Gasteiger partial charge is 0.417 e. The van der Waals surface area contributed by atoms with Crippen LogP contribution in [0.4, 0.5) is 13.2 Å². The molecule has 0 saturated carbocycles. The molecule has 1 aromatic carbocycles. The van der Waals surface area contributed by atoms with Gasteiger partial charge in [0.1, 0.15) is 0 Å². The summed E-state index contributed by atoms with van der Waals surface area (Å²) in [6.07, 6.45) is -4.57. The first-order valence-corrected chi connectivity index (χ1v) is 3.93. The summed E-state index contributed by atoms with van der Waals surface area (Å²) in [4.78, 5) is 10.5. The van der Waals surface area contributed by atoms with Crippen molar-refractivity contribution in [3.8, 4) is 0 Å². The van der Waals surface area contributed by atoms with Gasteiger partial charge in [0.25, 0.3) is 0 Å². The van der Waals surface area contributed by atoms with E-state index in [9.17, 15) is 18.0 Å². The zero-order valence-corrected chi connectivity index (χ0v) is 7.51. The van der Waals surface area contributed by atoms with E-state index in [4.69, 9.17) is 5.11 Å². The Bertz CT molecular complexity index is 407. The number of alkyl halides is 3. The van der Waals surface area contributed by atoms with Crippen molar-refractivity contribution in [2.24, 2.45) is 0 Å². The van der Waals surface area contributed by atoms with Crippen molar-refractivity contribution in [2.75, 3.05) is 0 Å². The SMILES string of the molecule is C=C(C(=O)O)c1ccccc1C(F)(F)F. The second-order valence-corrected chi connectivity index (χ2v) is 2.83. The van der Waals surface area contributed by atoms with Gasteiger partial charge >= 0.3 is 12.1 Å². The maximum Gasteiger partial charge on any atom is 0.417 e. The van der Waals surface area contributed by atoms with Gasteiger partial charge < -0.3 is 5.11 Å². The lowest BCUT2D eigenvalue weighted by molar-refractivity contribution is -0.137. The van der Waals surface area contributed by atoms with Crippen LogP contribution < -0.4 is 0 Å². The van der Waals surface area contributed by atoms with Crippen LogP contribution in [-0.2, 0) is 11.0 Å². The topological polar surface area (TPSA) is 37.3 Å². The third-order valence-corrected chi connectivity index (χ3v) is 1.82. The van der Waals surface area contributed by atoms with Gasteiger partial charge in [-0.25, -0.2) is 4.79 Å². The predicted octanol–water partition coefficient (Wildman–Crippen LogP) is 2.80. The van der Waals surface area contributed by atoms with Crippen molar-refractivity contribution in [1.29, 1.82) is 0 Å². The number of hydrogen-bond donors (Lipinski definition) is 1. The molecule has 0 saturated heterocycles. The molecule has 0 aliphatic rings. The van der Waals surface area contributed by atoms with Gasteiger partial charge in [-0.05, 0) is 6.07 Å². The second-order valence-electron chi connectivity index (χ2n) is 2.83. The molecule has 0 spiro atoms. The molecule has 1 aromatic rings. The molecule has 0 radical (unpaired) electrons. The highest BCUT2D eigenvalue weighted by molar-refractivity contribution is 6.14. The summed E-state index contributed by atoms with van der Waals surface area (Å²) >= 11 is 0. The van der Waals surface area contributed by atoms with Crippen LogP contribution in [0.15, 0.2) is 30.8 Å². The summed E-state index contributed by atoms with van der Waals surface area (Å²) in [5, 5.41) is 8.56. The molecule has 0 aliphatic heterocycles. The number of aliphatic carboxylic acids is 1. The Hall–Kier alpha value is -1.78. The minimum Gasteiger partial charge on any atom is -0.478 e. The molecule has 80 valence electrons. The van der Waals surface area contributed by atoms with Crippen LogP contribution in [0.25, 0.3) is 5.57 Å². The van der Waals surface area contributed by atoms with Crippen LogP contribution >= 0.6 is 0 Å². The van der Waals surface area contributed by atoms with Crippen LogP contribution in [0.3, 0.4) is 0 Å². The van der Waals surface area contributed by atoms with Gasteiger partial charge in [-0.2, -0.15) is 13.2 Å². The lowest BCUT2D eigenvalue weighted by Crippen LogP contribution is -2.10. The summed E-state index contributed by atoms with van der Waals surface area (Å²) in [6.45, 7) is 3.10. The van der Waals surface area contributed by atoms with E-state index in [0.29, 0.717) is 0 Å². The lowest BCUT2D eigenvalue weighted by Gasteiger charge is -2.11. The van der Waals surface area contributed by atoms with Crippen LogP contribution in [0.1, 0.15) is 11.1 Å². The average Bonchev–Trinajstić information content (AvgIpc) is 2.15. The summed E-state index contributed by atoms with van der Waals surface area (Å²) in [7, 11) is 0. The number of halogens is 3. The third kappa shape index (κ3) is 2.37. The molecular formula is C10H7F3O2. The van der Waals surface area contributed by atoms with E-state index in [1.165, 1.54) is 12.1 Å². The van der Waals surface area contributed by atoms with E-state index in [0.717, 1.165) is 12.1 Å². The normalized spacial score (nSPS) is 11.1. The van der Waals surface area contributed by atoms with Crippen LogP contribution in [-0.4, -0.2) is 11.1 Å². The molecule has 2 nitrogen and oxygen atoms in total. The summed E-state index contributed by atoms with van der Waals surface area (Å²) in [5.41, 5.74) is -1.96. The van der Waals surface area contributed by atoms with Crippen LogP contribution in [0, 0.1) is 0 Å². The van der Waals surface area contributed by atoms with E-state index in [-0.39, 0.29) is 0 Å². The fraction of sp³-hybridized carbons (Fsp3) is 0.100. The Morgan fingerprint density at radius 2 is 1.80 bits per heavy atom. The third-order valence-electron chi connectivity index (χ3n) is 1.82. The van der Waals surface area contributed by atoms with Gasteiger partial charge in [0.15, 0.2) is 0 Å². The van der Waals surface area contributed by atoms with E-state index in [2.05, 4.69) is 6.58 Å². The number of benzene rings is 1. The summed E-state index contributed by atoms with van der Waals surface area (Å²) in [6, 6.07) is 4.43. The summed E-state index contributed by atoms with van der Waals surface area (Å²) < 4.78 is 37.3. The van der Waals surface area contributed by atoms with E-state index < -0.39 is 28.8 Å². The Balaban J connectivity index is 3.31. The first kappa shape index (κ1) is 11.3. The predicted molar refractivity (Wildman–Crippen MR) is 48.1 cm³/mol. The maximum absolute atomic E-state index is 12.4. The van der Waals surface area contributed by atoms with Gasteiger partial charge in [-0.1, -0.05) is 24.8 Å². The van der Waals surface area contributed by atoms with Gasteiger partial charge in [0.05, 0.1) is 11.1 Å². The first-order valence-electron chi connectivity index (χ1n) is 3.93. The number of rotatable bonds is 2. The lowest BCUT2D eigenvalue weighted by atomic mass is 10.0. The number of hydrogen-bond acceptors (Lipinski definition) is 1. The van der Waals surface area contributed by atoms with E-state index >= 15 is 0 Å². The minimum atomic E-state index is -4.57. The Morgan fingerprint density at radius 3 is 2.27 bits per heavy atom. The highest BCUT2D eigenvalue weighted by atomic mass is 19.4. The molecule has 0 unspecified atom stereocenters. The van der Waals surface area contributed by atoms with E-state index in [1.807, 2.05) is 0 Å². The molecule has 0 aliphatic carbocycles. The zero-order valence-electron chi connectivity index (χ0n) is 7.51. The molecule has 1 rings (SSSR count). The van der Waals surface area contributed by atoms with Crippen molar-refractivity contribution in [3.05, 3.63) is 42.0 Å². The Labute approximate surface area is 83.7 Å². The van der Waals surface area contributed by atoms with Crippen LogP contribution in [0.5, 0.6) is 0 Å². The fourth-order valence-electron chi connectivity index (χ4n) is 1.11. The molecule has 0 fully saturated rings. The maximum atomic E-state index is 12.4. The monoisotopic (exact) mass is 216 g/mol. The second kappa shape index (κ2) is 3.76. The molecule has 0 amide bonds. The quantitative estimate of drug-likeness (QED) is 0.772. The van der Waals surface area contributed by atoms with Crippen molar-refractivity contribution in [2.45, 2.75) is 6.18 Å². The largest absolute Gasteiger partial charge is 0.478 e. The molecule has 0 bridgehead atoms. The summed E-state index contributed by atoms with van der Waals surface area (Å²) in [5.74, 6) is -1.47. The van der Waals surface area contributed by atoms with Gasteiger partial charge in [0.2, 0.25) is 0 Å². The molecule has 5 heteroatoms. The van der Waals surface area contributed by atoms with Gasteiger partial charge in [0, 0.05) is 5.56 Å². The highest BCUT2D eigenvalue weighted by Gasteiger charge is 2.34. The van der Waals surface area contributed by atoms with Gasteiger partial charge in [-0.15, -0.1) is 0 Å². The number of carboxylic acid groups (broad SMARTS) is 1. The highest BCUT2D eigenvalue weighted by Crippen LogP contribution is 2.34. The molecule has 0 heterocycles. The van der Waals surface area contributed by atoms with Crippen LogP contribution in [0.2, 0.25) is 0 Å². The Kier molecular flexibility index (Phi) is 2.83. The standard InChI is InChI=1S/C10H7F3O2/c1-6(9(14)15)7-4-2-3-5-8(7)10(11,12)13/h2-5H,1H2,(H,14,15). The molecule has 15 heavy (non-hydrogen) atoms. The zero-order chi connectivity index (χ0) is 11.6. The van der Waals surface area contributed by atoms with Gasteiger partial charge in [-0.3, -0.25) is 0 Å². The molecular weight excluding hydrogens is 209 g/mol. The van der Waals surface area contributed by atoms with Crippen molar-refractivity contribution in [3.63, 3.8) is 0 Å². The fourth-order valence-corrected chi connectivity index (χ4v) is 1.11. The molecule has 0 atom stereocenters. The minimum absolute atomic E-state index is 0.405. The van der Waals surface area contributed by atoms with Crippen molar-refractivity contribution in [1.82, 2.24) is 0 Å². The molecule has 0 aromatic heterocycles. The number of carboxylic acids is 1. The molecule has 1 N–H and O–H groups in total. The van der Waals surface area contributed by atoms with Crippen molar-refractivity contribution < 1.29 is 23.1 Å².